The van der Waals surface area contributed by atoms with Gasteiger partial charge in [-0.05, 0) is 44.9 Å². The summed E-state index contributed by atoms with van der Waals surface area (Å²) in [7, 11) is 1.30. The Bertz CT molecular complexity index is 1030. The number of nitrogens with one attached hydrogen (secondary N) is 1. The van der Waals surface area contributed by atoms with E-state index in [9.17, 15) is 19.4 Å². The maximum Gasteiger partial charge on any atom is 0.268 e. The fourth-order valence-electron chi connectivity index (χ4n) is 7.60. The normalized spacial score (nSPS) is 14.3. The van der Waals surface area contributed by atoms with E-state index in [-0.39, 0.29) is 19.1 Å². The Morgan fingerprint density at radius 3 is 1.40 bits per heavy atom. The Kier molecular flexibility index (Phi) is 42.5. The average Bonchev–Trinajstić information content (AvgIpc) is 3.20. The third kappa shape index (κ3) is 45.0. The van der Waals surface area contributed by atoms with E-state index in [1.807, 2.05) is 21.1 Å². The fourth-order valence-corrected chi connectivity index (χ4v) is 8.32. The van der Waals surface area contributed by atoms with E-state index >= 15 is 0 Å². The molecule has 0 aliphatic heterocycles. The molecule has 3 atom stereocenters. The van der Waals surface area contributed by atoms with Crippen LogP contribution in [0.2, 0.25) is 0 Å². The molecule has 0 aromatic carbocycles. The lowest BCUT2D eigenvalue weighted by Crippen LogP contribution is -2.46. The molecule has 0 spiro atoms. The number of hydrogen-bond acceptors (Lipinski definition) is 6. The SMILES string of the molecule is CCCCCC/C=C\C/C=C\CCCCCCCCCC(=O)NC(COP(=O)([O-])OCC[N+](C)(C)C)C(O)CCCCCCCCCCCCCCCCCCCCCC. The molecular formula is C51H101N2O6P. The quantitative estimate of drug-likeness (QED) is 0.0273. The van der Waals surface area contributed by atoms with Crippen molar-refractivity contribution in [2.75, 3.05) is 40.9 Å². The van der Waals surface area contributed by atoms with Crippen molar-refractivity contribution in [3.8, 4) is 0 Å². The van der Waals surface area contributed by atoms with Gasteiger partial charge in [0.2, 0.25) is 5.91 Å². The lowest BCUT2D eigenvalue weighted by atomic mass is 10.0. The number of aliphatic hydroxyl groups is 1. The van der Waals surface area contributed by atoms with E-state index in [4.69, 9.17) is 9.05 Å². The molecular weight excluding hydrogens is 768 g/mol. The van der Waals surface area contributed by atoms with E-state index in [2.05, 4.69) is 43.5 Å². The summed E-state index contributed by atoms with van der Waals surface area (Å²) in [5.41, 5.74) is 0. The maximum atomic E-state index is 12.9. The number of likely N-dealkylation sites (N-methyl/N-ethyl adjacent to an activating group) is 1. The zero-order valence-corrected chi connectivity index (χ0v) is 41.3. The molecule has 0 aromatic rings. The van der Waals surface area contributed by atoms with Crippen LogP contribution in [-0.4, -0.2) is 68.5 Å². The number of allylic oxidation sites excluding steroid dienone is 4. The van der Waals surface area contributed by atoms with Crippen molar-refractivity contribution < 1.29 is 32.9 Å². The van der Waals surface area contributed by atoms with Crippen molar-refractivity contribution in [3.63, 3.8) is 0 Å². The topological polar surface area (TPSA) is 108 Å². The first-order valence-corrected chi connectivity index (χ1v) is 27.1. The summed E-state index contributed by atoms with van der Waals surface area (Å²) in [4.78, 5) is 25.4. The number of hydrogen-bond donors (Lipinski definition) is 2. The third-order valence-electron chi connectivity index (χ3n) is 11.7. The lowest BCUT2D eigenvalue weighted by Gasteiger charge is -2.30. The van der Waals surface area contributed by atoms with Gasteiger partial charge in [-0.1, -0.05) is 218 Å². The highest BCUT2D eigenvalue weighted by atomic mass is 31.2. The van der Waals surface area contributed by atoms with E-state index in [0.717, 1.165) is 51.4 Å². The summed E-state index contributed by atoms with van der Waals surface area (Å²) in [5, 5.41) is 14.0. The Morgan fingerprint density at radius 1 is 0.583 bits per heavy atom. The van der Waals surface area contributed by atoms with Crippen molar-refractivity contribution in [2.45, 2.75) is 257 Å². The van der Waals surface area contributed by atoms with Gasteiger partial charge in [0.05, 0.1) is 39.9 Å². The Hall–Kier alpha value is -1.02. The predicted molar refractivity (Wildman–Crippen MR) is 256 cm³/mol. The first-order chi connectivity index (χ1) is 29.0. The Morgan fingerprint density at radius 2 is 0.967 bits per heavy atom. The second-order valence-corrected chi connectivity index (χ2v) is 20.3. The summed E-state index contributed by atoms with van der Waals surface area (Å²) < 4.78 is 23.4. The van der Waals surface area contributed by atoms with Crippen LogP contribution in [0.4, 0.5) is 0 Å². The first-order valence-electron chi connectivity index (χ1n) is 25.7. The molecule has 0 aromatic heterocycles. The molecule has 60 heavy (non-hydrogen) atoms. The lowest BCUT2D eigenvalue weighted by molar-refractivity contribution is -0.870. The van der Waals surface area contributed by atoms with Crippen molar-refractivity contribution in [3.05, 3.63) is 24.3 Å². The summed E-state index contributed by atoms with van der Waals surface area (Å²) in [6.45, 7) is 4.72. The van der Waals surface area contributed by atoms with E-state index in [0.29, 0.717) is 23.9 Å². The monoisotopic (exact) mass is 869 g/mol. The summed E-state index contributed by atoms with van der Waals surface area (Å²) in [6.07, 6.45) is 51.8. The molecule has 8 nitrogen and oxygen atoms in total. The number of phosphoric acid groups is 1. The number of amides is 1. The number of carbonyl (C=O) groups excluding carboxylic acids is 1. The molecule has 0 aliphatic rings. The highest BCUT2D eigenvalue weighted by Gasteiger charge is 2.24. The number of rotatable bonds is 47. The Balaban J connectivity index is 4.27. The van der Waals surface area contributed by atoms with E-state index in [1.54, 1.807) is 0 Å². The minimum atomic E-state index is -4.57. The van der Waals surface area contributed by atoms with Crippen molar-refractivity contribution >= 4 is 13.7 Å². The van der Waals surface area contributed by atoms with Gasteiger partial charge in [0.25, 0.3) is 7.82 Å². The second-order valence-electron chi connectivity index (χ2n) is 18.9. The average molecular weight is 869 g/mol. The van der Waals surface area contributed by atoms with Crippen molar-refractivity contribution in [1.82, 2.24) is 5.32 Å². The molecule has 9 heteroatoms. The number of carbonyl (C=O) groups is 1. The van der Waals surface area contributed by atoms with Gasteiger partial charge < -0.3 is 28.8 Å². The molecule has 0 aliphatic carbocycles. The molecule has 1 amide bonds. The van der Waals surface area contributed by atoms with Crippen LogP contribution in [0.25, 0.3) is 0 Å². The van der Waals surface area contributed by atoms with Crippen LogP contribution in [0.1, 0.15) is 245 Å². The van der Waals surface area contributed by atoms with Crippen molar-refractivity contribution in [1.29, 1.82) is 0 Å². The van der Waals surface area contributed by atoms with Gasteiger partial charge in [-0.3, -0.25) is 9.36 Å². The minimum absolute atomic E-state index is 0.0114. The molecule has 2 N–H and O–H groups in total. The summed E-state index contributed by atoms with van der Waals surface area (Å²) >= 11 is 0. The van der Waals surface area contributed by atoms with Gasteiger partial charge in [-0.2, -0.15) is 0 Å². The highest BCUT2D eigenvalue weighted by molar-refractivity contribution is 7.45. The second kappa shape index (κ2) is 43.2. The number of quaternary nitrogens is 1. The molecule has 3 unspecified atom stereocenters. The van der Waals surface area contributed by atoms with Crippen LogP contribution in [0.5, 0.6) is 0 Å². The van der Waals surface area contributed by atoms with E-state index in [1.165, 1.54) is 167 Å². The van der Waals surface area contributed by atoms with Crippen LogP contribution in [0.3, 0.4) is 0 Å². The minimum Gasteiger partial charge on any atom is -0.756 e. The van der Waals surface area contributed by atoms with Gasteiger partial charge in [-0.25, -0.2) is 0 Å². The van der Waals surface area contributed by atoms with Crippen LogP contribution < -0.4 is 10.2 Å². The third-order valence-corrected chi connectivity index (χ3v) is 12.7. The van der Waals surface area contributed by atoms with Gasteiger partial charge in [0, 0.05) is 6.42 Å². The number of phosphoric ester groups is 1. The summed E-state index contributed by atoms with van der Waals surface area (Å²) in [5.74, 6) is -0.170. The maximum absolute atomic E-state index is 12.9. The van der Waals surface area contributed by atoms with Crippen LogP contribution in [0, 0.1) is 0 Å². The predicted octanol–water partition coefficient (Wildman–Crippen LogP) is 14.2. The van der Waals surface area contributed by atoms with Gasteiger partial charge in [0.15, 0.2) is 0 Å². The van der Waals surface area contributed by atoms with Gasteiger partial charge in [-0.15, -0.1) is 0 Å². The zero-order chi connectivity index (χ0) is 44.3. The molecule has 0 rings (SSSR count). The van der Waals surface area contributed by atoms with Crippen molar-refractivity contribution in [2.24, 2.45) is 0 Å². The molecule has 0 saturated carbocycles. The number of aliphatic hydroxyl groups excluding tert-OH is 1. The highest BCUT2D eigenvalue weighted by Crippen LogP contribution is 2.38. The molecule has 0 bridgehead atoms. The van der Waals surface area contributed by atoms with Gasteiger partial charge >= 0.3 is 0 Å². The molecule has 0 fully saturated rings. The zero-order valence-electron chi connectivity index (χ0n) is 40.4. The van der Waals surface area contributed by atoms with Gasteiger partial charge in [0.1, 0.15) is 13.2 Å². The molecule has 0 heterocycles. The largest absolute Gasteiger partial charge is 0.756 e. The number of unbranched alkanes of at least 4 members (excludes halogenated alkanes) is 30. The summed E-state index contributed by atoms with van der Waals surface area (Å²) in [6, 6.07) is -0.803. The van der Waals surface area contributed by atoms with Crippen LogP contribution in [-0.2, 0) is 18.4 Å². The molecule has 356 valence electrons. The van der Waals surface area contributed by atoms with E-state index < -0.39 is 20.0 Å². The standard InChI is InChI=1S/C51H101N2O6P/c1-6-8-10-12-14-16-18-20-22-24-26-27-28-30-32-34-36-38-40-42-44-50(54)49(48-59-60(56,57)58-47-46-53(3,4)5)52-51(55)45-43-41-39-37-35-33-31-29-25-23-21-19-17-15-13-11-9-7-2/h17,19,23,25,49-50,54H,6-16,18,20-22,24,26-48H2,1-5H3,(H-,52,55,56,57)/b19-17-,25-23-. The Labute approximate surface area is 373 Å². The number of nitrogens with zero attached hydrogens (tertiary/aromatic N) is 1. The van der Waals surface area contributed by atoms with Crippen LogP contribution >= 0.6 is 7.82 Å². The first kappa shape index (κ1) is 59.0. The van der Waals surface area contributed by atoms with Crippen LogP contribution in [0.15, 0.2) is 24.3 Å². The fraction of sp³-hybridized carbons (Fsp3) is 0.902. The smallest absolute Gasteiger partial charge is 0.268 e. The molecule has 0 saturated heterocycles. The molecule has 0 radical (unpaired) electrons.